The molecule has 0 unspecified atom stereocenters. The van der Waals surface area contributed by atoms with Crippen LogP contribution in [-0.4, -0.2) is 48.2 Å². The van der Waals surface area contributed by atoms with Crippen LogP contribution in [0.4, 0.5) is 0 Å². The highest BCUT2D eigenvalue weighted by Crippen LogP contribution is 2.48. The minimum atomic E-state index is -0.351. The number of ether oxygens (including phenoxy) is 1. The van der Waals surface area contributed by atoms with E-state index in [2.05, 4.69) is 56.2 Å². The molecule has 1 saturated heterocycles. The first-order valence-electron chi connectivity index (χ1n) is 12.5. The topological polar surface area (TPSA) is 60.5 Å². The Morgan fingerprint density at radius 2 is 1.61 bits per heavy atom. The number of aromatic nitrogens is 1. The molecule has 0 atom stereocenters. The second-order valence-electron chi connectivity index (χ2n) is 11.2. The molecule has 0 spiro atoms. The van der Waals surface area contributed by atoms with Gasteiger partial charge in [0.1, 0.15) is 0 Å². The van der Waals surface area contributed by atoms with Crippen LogP contribution in [0.1, 0.15) is 80.2 Å². The van der Waals surface area contributed by atoms with Crippen LogP contribution in [0.5, 0.6) is 0 Å². The maximum atomic E-state index is 12.3. The van der Waals surface area contributed by atoms with Crippen molar-refractivity contribution < 1.29 is 9.53 Å². The quantitative estimate of drug-likeness (QED) is 0.686. The van der Waals surface area contributed by atoms with E-state index in [4.69, 9.17) is 10.5 Å². The van der Waals surface area contributed by atoms with Gasteiger partial charge in [0.2, 0.25) is 0 Å². The van der Waals surface area contributed by atoms with Gasteiger partial charge >= 0.3 is 0 Å². The van der Waals surface area contributed by atoms with Crippen molar-refractivity contribution in [3.05, 3.63) is 46.1 Å². The lowest BCUT2D eigenvalue weighted by molar-refractivity contribution is 0.0364. The lowest BCUT2D eigenvalue weighted by Gasteiger charge is -2.42. The van der Waals surface area contributed by atoms with Crippen molar-refractivity contribution in [1.82, 2.24) is 9.47 Å². The van der Waals surface area contributed by atoms with Crippen LogP contribution in [0.2, 0.25) is 0 Å². The number of benzene rings is 1. The Morgan fingerprint density at radius 1 is 1.00 bits per heavy atom. The van der Waals surface area contributed by atoms with Crippen LogP contribution in [-0.2, 0) is 28.5 Å². The molecule has 1 aliphatic heterocycles. The molecule has 33 heavy (non-hydrogen) atoms. The monoisotopic (exact) mass is 451 g/mol. The number of primary amides is 1. The zero-order valence-electron chi connectivity index (χ0n) is 21.4. The minimum absolute atomic E-state index is 0.138. The fourth-order valence-electron chi connectivity index (χ4n) is 5.66. The molecule has 2 aromatic rings. The van der Waals surface area contributed by atoms with Crippen molar-refractivity contribution >= 4 is 5.91 Å². The number of aryl methyl sites for hydroxylation is 1. The fraction of sp³-hybridized carbons (Fsp3) is 0.607. The first kappa shape index (κ1) is 24.0. The molecule has 180 valence electrons. The second kappa shape index (κ2) is 8.92. The van der Waals surface area contributed by atoms with Crippen molar-refractivity contribution in [1.29, 1.82) is 0 Å². The molecule has 5 nitrogen and oxygen atoms in total. The fourth-order valence-corrected chi connectivity index (χ4v) is 5.66. The number of carbonyl (C=O) groups excluding carboxylic acids is 1. The molecule has 5 heteroatoms. The Labute approximate surface area is 199 Å². The second-order valence-corrected chi connectivity index (χ2v) is 11.2. The summed E-state index contributed by atoms with van der Waals surface area (Å²) in [5, 5.41) is 0. The zero-order valence-corrected chi connectivity index (χ0v) is 21.4. The standard InChI is InChI=1S/C28H41N3O2/c1-7-20-16-23-24(28(5,6)9-8-27(23,3)4)17-22(20)25-18-21(26(29)32)19(2)31(25)11-10-30-12-14-33-15-13-30/h16-18H,7-15H2,1-6H3,(H2,29,32). The van der Waals surface area contributed by atoms with Gasteiger partial charge in [0.15, 0.2) is 0 Å². The predicted molar refractivity (Wildman–Crippen MR) is 135 cm³/mol. The molecule has 1 aromatic heterocycles. The molecule has 2 N–H and O–H groups in total. The summed E-state index contributed by atoms with van der Waals surface area (Å²) in [6.07, 6.45) is 3.34. The Bertz CT molecular complexity index is 1040. The van der Waals surface area contributed by atoms with Crippen molar-refractivity contribution in [2.24, 2.45) is 5.73 Å². The van der Waals surface area contributed by atoms with Gasteiger partial charge in [-0.15, -0.1) is 0 Å². The van der Waals surface area contributed by atoms with E-state index >= 15 is 0 Å². The van der Waals surface area contributed by atoms with Gasteiger partial charge in [-0.3, -0.25) is 9.69 Å². The third-order valence-corrected chi connectivity index (χ3v) is 8.11. The molecule has 0 radical (unpaired) electrons. The number of nitrogens with zero attached hydrogens (tertiary/aromatic N) is 2. The highest BCUT2D eigenvalue weighted by Gasteiger charge is 2.38. The summed E-state index contributed by atoms with van der Waals surface area (Å²) in [6, 6.07) is 6.91. The molecular weight excluding hydrogens is 410 g/mol. The average molecular weight is 452 g/mol. The van der Waals surface area contributed by atoms with Crippen LogP contribution >= 0.6 is 0 Å². The zero-order chi connectivity index (χ0) is 24.0. The molecule has 4 rings (SSSR count). The van der Waals surface area contributed by atoms with Gasteiger partial charge in [-0.1, -0.05) is 40.7 Å². The lowest BCUT2D eigenvalue weighted by atomic mass is 9.62. The Kier molecular flexibility index (Phi) is 6.49. The largest absolute Gasteiger partial charge is 0.379 e. The van der Waals surface area contributed by atoms with Crippen molar-refractivity contribution in [3.8, 4) is 11.3 Å². The van der Waals surface area contributed by atoms with E-state index in [0.29, 0.717) is 5.56 Å². The maximum Gasteiger partial charge on any atom is 0.250 e. The number of amides is 1. The van der Waals surface area contributed by atoms with E-state index in [1.807, 2.05) is 13.0 Å². The maximum absolute atomic E-state index is 12.3. The summed E-state index contributed by atoms with van der Waals surface area (Å²) in [5.41, 5.74) is 14.4. The average Bonchev–Trinajstić information content (AvgIpc) is 3.11. The van der Waals surface area contributed by atoms with Gasteiger partial charge in [-0.2, -0.15) is 0 Å². The number of morpholine rings is 1. The third-order valence-electron chi connectivity index (χ3n) is 8.11. The van der Waals surface area contributed by atoms with Gasteiger partial charge in [0.05, 0.1) is 18.8 Å². The summed E-state index contributed by atoms with van der Waals surface area (Å²) in [6.45, 7) is 19.0. The number of hydrogen-bond donors (Lipinski definition) is 1. The first-order chi connectivity index (χ1) is 15.5. The van der Waals surface area contributed by atoms with Gasteiger partial charge in [0, 0.05) is 43.1 Å². The van der Waals surface area contributed by atoms with Gasteiger partial charge < -0.3 is 15.0 Å². The van der Waals surface area contributed by atoms with Crippen molar-refractivity contribution in [2.75, 3.05) is 32.8 Å². The van der Waals surface area contributed by atoms with E-state index in [0.717, 1.165) is 57.2 Å². The predicted octanol–water partition coefficient (Wildman–Crippen LogP) is 4.81. The summed E-state index contributed by atoms with van der Waals surface area (Å²) >= 11 is 0. The van der Waals surface area contributed by atoms with E-state index < -0.39 is 0 Å². The molecule has 2 heterocycles. The number of carbonyl (C=O) groups is 1. The minimum Gasteiger partial charge on any atom is -0.379 e. The molecule has 0 bridgehead atoms. The normalized spacial score (nSPS) is 19.9. The highest BCUT2D eigenvalue weighted by molar-refractivity contribution is 5.96. The van der Waals surface area contributed by atoms with E-state index in [9.17, 15) is 4.79 Å². The Morgan fingerprint density at radius 3 is 2.18 bits per heavy atom. The molecule has 1 amide bonds. The summed E-state index contributed by atoms with van der Waals surface area (Å²) in [5.74, 6) is -0.351. The van der Waals surface area contributed by atoms with Crippen LogP contribution in [0.15, 0.2) is 18.2 Å². The van der Waals surface area contributed by atoms with E-state index in [1.165, 1.54) is 35.1 Å². The highest BCUT2D eigenvalue weighted by atomic mass is 16.5. The van der Waals surface area contributed by atoms with Crippen LogP contribution in [0.3, 0.4) is 0 Å². The molecular formula is C28H41N3O2. The molecule has 2 aliphatic rings. The van der Waals surface area contributed by atoms with Crippen LogP contribution in [0.25, 0.3) is 11.3 Å². The molecule has 0 saturated carbocycles. The summed E-state index contributed by atoms with van der Waals surface area (Å²) in [7, 11) is 0. The third kappa shape index (κ3) is 4.50. The van der Waals surface area contributed by atoms with Gasteiger partial charge in [0.25, 0.3) is 5.91 Å². The van der Waals surface area contributed by atoms with Crippen LogP contribution < -0.4 is 5.73 Å². The number of hydrogen-bond acceptors (Lipinski definition) is 3. The van der Waals surface area contributed by atoms with Crippen molar-refractivity contribution in [2.45, 2.75) is 78.2 Å². The van der Waals surface area contributed by atoms with Crippen molar-refractivity contribution in [3.63, 3.8) is 0 Å². The SMILES string of the molecule is CCc1cc2c(cc1-c1cc(C(N)=O)c(C)n1CCN1CCOCC1)C(C)(C)CCC2(C)C. The number of fused-ring (bicyclic) bond motifs is 1. The molecule has 1 aromatic carbocycles. The smallest absolute Gasteiger partial charge is 0.250 e. The van der Waals surface area contributed by atoms with Gasteiger partial charge in [-0.25, -0.2) is 0 Å². The van der Waals surface area contributed by atoms with E-state index in [1.54, 1.807) is 0 Å². The molecule has 1 fully saturated rings. The summed E-state index contributed by atoms with van der Waals surface area (Å²) < 4.78 is 7.83. The lowest BCUT2D eigenvalue weighted by Crippen LogP contribution is -2.38. The molecule has 1 aliphatic carbocycles. The van der Waals surface area contributed by atoms with E-state index in [-0.39, 0.29) is 16.7 Å². The first-order valence-corrected chi connectivity index (χ1v) is 12.5. The Hall–Kier alpha value is -2.11. The number of nitrogens with two attached hydrogens (primary N) is 1. The summed E-state index contributed by atoms with van der Waals surface area (Å²) in [4.78, 5) is 14.7. The Balaban J connectivity index is 1.84. The van der Waals surface area contributed by atoms with Gasteiger partial charge in [-0.05, 0) is 65.8 Å². The number of rotatable bonds is 6. The van der Waals surface area contributed by atoms with Crippen LogP contribution in [0, 0.1) is 6.92 Å².